The first kappa shape index (κ1) is 15.7. The fraction of sp³-hybridized carbons (Fsp3) is 0.533. The third-order valence-electron chi connectivity index (χ3n) is 2.82. The number of carbonyl (C=O) groups excluding carboxylic acids is 1. The second kappa shape index (κ2) is 9.53. The molecule has 0 saturated carbocycles. The minimum Gasteiger partial charge on any atom is -0.355 e. The molecule has 0 radical (unpaired) electrons. The third kappa shape index (κ3) is 8.35. The van der Waals surface area contributed by atoms with E-state index in [0.717, 1.165) is 32.5 Å². The van der Waals surface area contributed by atoms with Crippen molar-refractivity contribution in [3.8, 4) is 0 Å². The summed E-state index contributed by atoms with van der Waals surface area (Å²) in [5.74, 6) is 0.0758. The van der Waals surface area contributed by atoms with Crippen molar-refractivity contribution in [2.24, 2.45) is 0 Å². The zero-order valence-electron chi connectivity index (χ0n) is 12.0. The lowest BCUT2D eigenvalue weighted by Gasteiger charge is -2.10. The van der Waals surface area contributed by atoms with Gasteiger partial charge in [-0.3, -0.25) is 4.79 Å². The largest absolute Gasteiger partial charge is 0.355 e. The minimum absolute atomic E-state index is 0.0758. The SMILES string of the molecule is CN(C)CCCNC(=O)CNCCc1ccccc1. The molecule has 0 aliphatic heterocycles. The van der Waals surface area contributed by atoms with Crippen molar-refractivity contribution >= 4 is 5.91 Å². The van der Waals surface area contributed by atoms with Crippen LogP contribution in [-0.2, 0) is 11.2 Å². The molecule has 0 aliphatic rings. The standard InChI is InChI=1S/C15H25N3O/c1-18(2)12-6-10-17-15(19)13-16-11-9-14-7-4-3-5-8-14/h3-5,7-8,16H,6,9-13H2,1-2H3,(H,17,19). The fourth-order valence-electron chi connectivity index (χ4n) is 1.76. The van der Waals surface area contributed by atoms with Gasteiger partial charge in [0, 0.05) is 6.54 Å². The molecule has 0 atom stereocenters. The molecule has 1 rings (SSSR count). The topological polar surface area (TPSA) is 44.4 Å². The number of benzene rings is 1. The highest BCUT2D eigenvalue weighted by Crippen LogP contribution is 1.97. The van der Waals surface area contributed by atoms with E-state index in [2.05, 4.69) is 27.7 Å². The van der Waals surface area contributed by atoms with Crippen molar-refractivity contribution < 1.29 is 4.79 Å². The smallest absolute Gasteiger partial charge is 0.233 e. The van der Waals surface area contributed by atoms with Gasteiger partial charge in [0.25, 0.3) is 0 Å². The average molecular weight is 263 g/mol. The lowest BCUT2D eigenvalue weighted by Crippen LogP contribution is -2.35. The van der Waals surface area contributed by atoms with Crippen LogP contribution in [0.4, 0.5) is 0 Å². The van der Waals surface area contributed by atoms with E-state index in [4.69, 9.17) is 0 Å². The zero-order valence-corrected chi connectivity index (χ0v) is 12.0. The van der Waals surface area contributed by atoms with Crippen LogP contribution in [0.25, 0.3) is 0 Å². The van der Waals surface area contributed by atoms with Crippen molar-refractivity contribution in [3.63, 3.8) is 0 Å². The summed E-state index contributed by atoms with van der Waals surface area (Å²) in [6, 6.07) is 10.3. The van der Waals surface area contributed by atoms with Gasteiger partial charge >= 0.3 is 0 Å². The maximum Gasteiger partial charge on any atom is 0.233 e. The zero-order chi connectivity index (χ0) is 13.9. The van der Waals surface area contributed by atoms with Crippen LogP contribution in [0.1, 0.15) is 12.0 Å². The highest BCUT2D eigenvalue weighted by Gasteiger charge is 2.00. The molecule has 2 N–H and O–H groups in total. The van der Waals surface area contributed by atoms with E-state index in [1.165, 1.54) is 5.56 Å². The van der Waals surface area contributed by atoms with Crippen LogP contribution in [0, 0.1) is 0 Å². The molecule has 0 unspecified atom stereocenters. The lowest BCUT2D eigenvalue weighted by molar-refractivity contribution is -0.120. The Morgan fingerprint density at radius 1 is 1.16 bits per heavy atom. The Morgan fingerprint density at radius 3 is 2.58 bits per heavy atom. The van der Waals surface area contributed by atoms with Gasteiger partial charge in [0.15, 0.2) is 0 Å². The summed E-state index contributed by atoms with van der Waals surface area (Å²) < 4.78 is 0. The van der Waals surface area contributed by atoms with Crippen molar-refractivity contribution in [2.75, 3.05) is 40.3 Å². The number of rotatable bonds is 9. The van der Waals surface area contributed by atoms with Crippen LogP contribution in [-0.4, -0.2) is 51.1 Å². The highest BCUT2D eigenvalue weighted by molar-refractivity contribution is 5.77. The number of amides is 1. The number of carbonyl (C=O) groups is 1. The van der Waals surface area contributed by atoms with E-state index < -0.39 is 0 Å². The minimum atomic E-state index is 0.0758. The number of nitrogens with one attached hydrogen (secondary N) is 2. The maximum absolute atomic E-state index is 11.5. The van der Waals surface area contributed by atoms with E-state index in [-0.39, 0.29) is 5.91 Å². The second-order valence-corrected chi connectivity index (χ2v) is 4.92. The quantitative estimate of drug-likeness (QED) is 0.650. The van der Waals surface area contributed by atoms with Crippen molar-refractivity contribution in [3.05, 3.63) is 35.9 Å². The number of nitrogens with zero attached hydrogens (tertiary/aromatic N) is 1. The molecule has 1 amide bonds. The number of hydrogen-bond donors (Lipinski definition) is 2. The molecule has 0 bridgehead atoms. The fourth-order valence-corrected chi connectivity index (χ4v) is 1.76. The van der Waals surface area contributed by atoms with E-state index in [9.17, 15) is 4.79 Å². The Morgan fingerprint density at radius 2 is 1.89 bits per heavy atom. The predicted molar refractivity (Wildman–Crippen MR) is 79.2 cm³/mol. The van der Waals surface area contributed by atoms with E-state index in [0.29, 0.717) is 6.54 Å². The number of hydrogen-bond acceptors (Lipinski definition) is 3. The van der Waals surface area contributed by atoms with Crippen LogP contribution in [0.3, 0.4) is 0 Å². The van der Waals surface area contributed by atoms with E-state index in [1.807, 2.05) is 32.3 Å². The second-order valence-electron chi connectivity index (χ2n) is 4.92. The molecule has 4 heteroatoms. The van der Waals surface area contributed by atoms with E-state index in [1.54, 1.807) is 0 Å². The summed E-state index contributed by atoms with van der Waals surface area (Å²) in [7, 11) is 4.07. The Labute approximate surface area is 116 Å². The monoisotopic (exact) mass is 263 g/mol. The van der Waals surface area contributed by atoms with Crippen LogP contribution >= 0.6 is 0 Å². The van der Waals surface area contributed by atoms with Crippen LogP contribution in [0.5, 0.6) is 0 Å². The van der Waals surface area contributed by atoms with Crippen LogP contribution in [0.15, 0.2) is 30.3 Å². The van der Waals surface area contributed by atoms with Crippen molar-refractivity contribution in [1.82, 2.24) is 15.5 Å². The average Bonchev–Trinajstić information content (AvgIpc) is 2.41. The molecule has 106 valence electrons. The summed E-state index contributed by atoms with van der Waals surface area (Å²) >= 11 is 0. The van der Waals surface area contributed by atoms with Gasteiger partial charge in [0.05, 0.1) is 6.54 Å². The molecule has 0 aromatic heterocycles. The first-order valence-corrected chi connectivity index (χ1v) is 6.84. The summed E-state index contributed by atoms with van der Waals surface area (Å²) in [6.07, 6.45) is 1.94. The summed E-state index contributed by atoms with van der Waals surface area (Å²) in [4.78, 5) is 13.6. The first-order chi connectivity index (χ1) is 9.18. The van der Waals surface area contributed by atoms with Crippen molar-refractivity contribution in [2.45, 2.75) is 12.8 Å². The van der Waals surface area contributed by atoms with Gasteiger partial charge in [-0.1, -0.05) is 30.3 Å². The van der Waals surface area contributed by atoms with Gasteiger partial charge < -0.3 is 15.5 Å². The molecule has 1 aromatic rings. The molecule has 0 saturated heterocycles. The molecule has 0 aliphatic carbocycles. The third-order valence-corrected chi connectivity index (χ3v) is 2.82. The van der Waals surface area contributed by atoms with Crippen LogP contribution < -0.4 is 10.6 Å². The summed E-state index contributed by atoms with van der Waals surface area (Å²) in [6.45, 7) is 2.98. The predicted octanol–water partition coefficient (Wildman–Crippen LogP) is 0.887. The molecule has 0 fully saturated rings. The van der Waals surface area contributed by atoms with E-state index >= 15 is 0 Å². The summed E-state index contributed by atoms with van der Waals surface area (Å²) in [5.41, 5.74) is 1.29. The molecule has 4 nitrogen and oxygen atoms in total. The van der Waals surface area contributed by atoms with Gasteiger partial charge in [-0.15, -0.1) is 0 Å². The molecule has 0 heterocycles. The van der Waals surface area contributed by atoms with Gasteiger partial charge in [-0.2, -0.15) is 0 Å². The Balaban J connectivity index is 1.98. The lowest BCUT2D eigenvalue weighted by atomic mass is 10.1. The molecule has 1 aromatic carbocycles. The Bertz CT molecular complexity index is 352. The molecular weight excluding hydrogens is 238 g/mol. The Hall–Kier alpha value is -1.39. The summed E-state index contributed by atoms with van der Waals surface area (Å²) in [5, 5.41) is 6.07. The molecule has 19 heavy (non-hydrogen) atoms. The van der Waals surface area contributed by atoms with Gasteiger partial charge in [0.1, 0.15) is 0 Å². The molecule has 0 spiro atoms. The van der Waals surface area contributed by atoms with Gasteiger partial charge in [0.2, 0.25) is 5.91 Å². The first-order valence-electron chi connectivity index (χ1n) is 6.84. The van der Waals surface area contributed by atoms with Crippen molar-refractivity contribution in [1.29, 1.82) is 0 Å². The molecular formula is C15H25N3O. The van der Waals surface area contributed by atoms with Gasteiger partial charge in [-0.25, -0.2) is 0 Å². The maximum atomic E-state index is 11.5. The normalized spacial score (nSPS) is 10.7. The highest BCUT2D eigenvalue weighted by atomic mass is 16.1. The Kier molecular flexibility index (Phi) is 7.86. The van der Waals surface area contributed by atoms with Crippen LogP contribution in [0.2, 0.25) is 0 Å². The van der Waals surface area contributed by atoms with Gasteiger partial charge in [-0.05, 0) is 45.6 Å².